The van der Waals surface area contributed by atoms with E-state index in [0.29, 0.717) is 0 Å². The molecule has 10 aliphatic carbocycles. The van der Waals surface area contributed by atoms with Gasteiger partial charge in [0.2, 0.25) is 0 Å². The maximum Gasteiger partial charge on any atom is -0.0448 e. The molecule has 0 radical (unpaired) electrons. The quantitative estimate of drug-likeness (QED) is 0.263. The van der Waals surface area contributed by atoms with Crippen LogP contribution in [0.15, 0.2) is 0 Å². The van der Waals surface area contributed by atoms with E-state index in [2.05, 4.69) is 96.9 Å². The van der Waals surface area contributed by atoms with Gasteiger partial charge in [0, 0.05) is 0 Å². The van der Waals surface area contributed by atoms with Crippen LogP contribution in [0.2, 0.25) is 0 Å². The van der Waals surface area contributed by atoms with E-state index in [1.54, 1.807) is 0 Å². The summed E-state index contributed by atoms with van der Waals surface area (Å²) in [5, 5.41) is 0. The number of rotatable bonds is 4. The second-order valence-corrected chi connectivity index (χ2v) is 20.8. The Morgan fingerprint density at radius 3 is 0.211 bits per heavy atom. The van der Waals surface area contributed by atoms with Gasteiger partial charge in [-0.3, -0.25) is 0 Å². The van der Waals surface area contributed by atoms with Gasteiger partial charge in [0.25, 0.3) is 0 Å². The molecule has 0 amide bonds. The van der Waals surface area contributed by atoms with E-state index in [1.165, 1.54) is 308 Å². The highest BCUT2D eigenvalue weighted by molar-refractivity contribution is 4.54. The number of hydrogen-bond donors (Lipinski definition) is 0. The van der Waals surface area contributed by atoms with Crippen molar-refractivity contribution in [3.05, 3.63) is 0 Å². The first-order valence-electron chi connectivity index (χ1n) is 33.3. The van der Waals surface area contributed by atoms with Gasteiger partial charge < -0.3 is 0 Å². The summed E-state index contributed by atoms with van der Waals surface area (Å²) in [6.45, 7) is 38.5. The smallest absolute Gasteiger partial charge is 0.0448 e. The lowest BCUT2D eigenvalue weighted by molar-refractivity contribution is 0.504. The molecule has 0 aliphatic heterocycles. The van der Waals surface area contributed by atoms with Crippen LogP contribution in [0.1, 0.15) is 455 Å². The second-order valence-electron chi connectivity index (χ2n) is 20.8. The highest BCUT2D eigenvalue weighted by atomic mass is 14.1. The Bertz CT molecular complexity index is 383. The topological polar surface area (TPSA) is 0 Å². The van der Waals surface area contributed by atoms with Crippen LogP contribution in [0, 0.1) is 11.8 Å². The third kappa shape index (κ3) is 140. The SMILES string of the molecule is C.C.C.C1CCC1.C1CCC1.C1CCC1.C1CCC1.C1CCC1.C1CCC1.C1CCC1.C1CCC1.C1CCC1.C1CCC1.CC.CC.CCC.CCC.CCC.CCC.CCC(C)CC.CCC(C)CC. The maximum absolute atomic E-state index is 2.28. The summed E-state index contributed by atoms with van der Waals surface area (Å²) in [5.74, 6) is 1.87. The lowest BCUT2D eigenvalue weighted by Crippen LogP contribution is -1.85. The third-order valence-electron chi connectivity index (χ3n) is 12.8. The molecule has 10 aliphatic rings. The number of hydrogen-bond acceptors (Lipinski definition) is 0. The highest BCUT2D eigenvalue weighted by Crippen LogP contribution is 2.19. The molecular formula is C71H164. The van der Waals surface area contributed by atoms with Gasteiger partial charge in [0.05, 0.1) is 0 Å². The average Bonchev–Trinajstić information content (AvgIpc) is 3.07. The summed E-state index contributed by atoms with van der Waals surface area (Å²) in [7, 11) is 0. The van der Waals surface area contributed by atoms with E-state index in [-0.39, 0.29) is 22.3 Å². The molecule has 71 heavy (non-hydrogen) atoms. The van der Waals surface area contributed by atoms with Crippen molar-refractivity contribution >= 4 is 0 Å². The Balaban J connectivity index is -0.0000000598. The maximum atomic E-state index is 2.28. The molecule has 0 atom stereocenters. The fourth-order valence-corrected chi connectivity index (χ4v) is 3.08. The second kappa shape index (κ2) is 114. The van der Waals surface area contributed by atoms with Crippen LogP contribution in [0.25, 0.3) is 0 Å². The molecule has 0 unspecified atom stereocenters. The molecule has 10 fully saturated rings. The van der Waals surface area contributed by atoms with Gasteiger partial charge in [-0.2, -0.15) is 0 Å². The summed E-state index contributed by atoms with van der Waals surface area (Å²) in [6.07, 6.45) is 70.3. The van der Waals surface area contributed by atoms with Crippen LogP contribution in [-0.2, 0) is 0 Å². The molecule has 0 saturated heterocycles. The summed E-state index contributed by atoms with van der Waals surface area (Å²) in [5.41, 5.74) is 0. The molecule has 0 aromatic rings. The first kappa shape index (κ1) is 96.6. The lowest BCUT2D eigenvalue weighted by Gasteiger charge is -2.05. The van der Waals surface area contributed by atoms with Gasteiger partial charge in [-0.05, 0) is 11.8 Å². The predicted molar refractivity (Wildman–Crippen MR) is 351 cm³/mol. The van der Waals surface area contributed by atoms with Crippen molar-refractivity contribution in [3.8, 4) is 0 Å². The lowest BCUT2D eigenvalue weighted by atomic mass is 10.0. The summed E-state index contributed by atoms with van der Waals surface area (Å²) in [6, 6.07) is 0. The van der Waals surface area contributed by atoms with Gasteiger partial charge in [0.1, 0.15) is 0 Å². The molecule has 10 saturated carbocycles. The van der Waals surface area contributed by atoms with Crippen LogP contribution >= 0.6 is 0 Å². The van der Waals surface area contributed by atoms with Crippen molar-refractivity contribution < 1.29 is 0 Å². The zero-order chi connectivity index (χ0) is 53.1. The molecule has 0 N–H and O–H groups in total. The van der Waals surface area contributed by atoms with E-state index < -0.39 is 0 Å². The van der Waals surface area contributed by atoms with Crippen LogP contribution in [0.4, 0.5) is 0 Å². The van der Waals surface area contributed by atoms with Crippen LogP contribution < -0.4 is 0 Å². The minimum atomic E-state index is 0. The molecule has 448 valence electrons. The van der Waals surface area contributed by atoms with Gasteiger partial charge in [-0.25, -0.2) is 0 Å². The summed E-state index contributed by atoms with van der Waals surface area (Å²) in [4.78, 5) is 0. The molecule has 0 heterocycles. The molecule has 10 rings (SSSR count). The molecule has 0 spiro atoms. The molecule has 0 bridgehead atoms. The van der Waals surface area contributed by atoms with E-state index in [1.807, 2.05) is 27.7 Å². The van der Waals surface area contributed by atoms with Gasteiger partial charge in [-0.15, -0.1) is 0 Å². The van der Waals surface area contributed by atoms with Crippen LogP contribution in [0.5, 0.6) is 0 Å². The zero-order valence-corrected chi connectivity index (χ0v) is 53.1. The first-order chi connectivity index (χ1) is 33.3. The highest BCUT2D eigenvalue weighted by Gasteiger charge is 1.99. The molecule has 0 aromatic heterocycles. The molecule has 0 heteroatoms. The Hall–Kier alpha value is 0. The summed E-state index contributed by atoms with van der Waals surface area (Å²) >= 11 is 0. The minimum absolute atomic E-state index is 0. The Morgan fingerprint density at radius 2 is 0.211 bits per heavy atom. The van der Waals surface area contributed by atoms with Crippen LogP contribution in [0.3, 0.4) is 0 Å². The Kier molecular flexibility index (Phi) is 156. The predicted octanol–water partition coefficient (Wildman–Crippen LogP) is 30.1. The summed E-state index contributed by atoms with van der Waals surface area (Å²) < 4.78 is 0. The van der Waals surface area contributed by atoms with Gasteiger partial charge in [-0.1, -0.05) is 455 Å². The Labute approximate surface area is 464 Å². The van der Waals surface area contributed by atoms with Crippen molar-refractivity contribution in [1.82, 2.24) is 0 Å². The van der Waals surface area contributed by atoms with Crippen molar-refractivity contribution in [2.75, 3.05) is 0 Å². The fraction of sp³-hybridized carbons (Fsp3) is 1.00. The first-order valence-corrected chi connectivity index (χ1v) is 33.3. The normalized spacial score (nSPS) is 16.4. The Morgan fingerprint density at radius 1 is 0.169 bits per heavy atom. The third-order valence-corrected chi connectivity index (χ3v) is 12.8. The average molecular weight is 1020 g/mol. The molecular weight excluding hydrogens is 853 g/mol. The van der Waals surface area contributed by atoms with E-state index in [9.17, 15) is 0 Å². The molecule has 0 aromatic carbocycles. The monoisotopic (exact) mass is 1020 g/mol. The van der Waals surface area contributed by atoms with Crippen molar-refractivity contribution in [1.29, 1.82) is 0 Å². The van der Waals surface area contributed by atoms with E-state index >= 15 is 0 Å². The van der Waals surface area contributed by atoms with E-state index in [0.717, 1.165) is 11.8 Å². The van der Waals surface area contributed by atoms with E-state index in [4.69, 9.17) is 0 Å². The standard InChI is InChI=1S/2C6H14.10C4H8.4C3H8.2C2H6.3CH4/c2*1-4-6(3)5-2;10*1-2-4-3-1;4*1-3-2;2*1-2;;;/h2*6H,4-5H2,1-3H3;10*1-4H2;4*3H2,1-2H3;2*1-2H3;3*1H4. The van der Waals surface area contributed by atoms with Crippen molar-refractivity contribution in [2.24, 2.45) is 11.8 Å². The van der Waals surface area contributed by atoms with Crippen molar-refractivity contribution in [2.45, 2.75) is 455 Å². The molecule has 0 nitrogen and oxygen atoms in total. The van der Waals surface area contributed by atoms with Gasteiger partial charge in [0.15, 0.2) is 0 Å². The minimum Gasteiger partial charge on any atom is -0.0776 e. The van der Waals surface area contributed by atoms with Crippen molar-refractivity contribution in [3.63, 3.8) is 0 Å². The van der Waals surface area contributed by atoms with Crippen LogP contribution in [-0.4, -0.2) is 0 Å². The largest absolute Gasteiger partial charge is 0.0776 e. The van der Waals surface area contributed by atoms with Gasteiger partial charge >= 0.3 is 0 Å². The fourth-order valence-electron chi connectivity index (χ4n) is 3.08. The zero-order valence-electron chi connectivity index (χ0n) is 53.1.